The lowest BCUT2D eigenvalue weighted by atomic mass is 10.1. The van der Waals surface area contributed by atoms with E-state index < -0.39 is 0 Å². The number of hydrogen-bond donors (Lipinski definition) is 1. The first-order valence-electron chi connectivity index (χ1n) is 9.76. The quantitative estimate of drug-likeness (QED) is 0.639. The highest BCUT2D eigenvalue weighted by atomic mass is 32.1. The Balaban J connectivity index is 1.51. The van der Waals surface area contributed by atoms with E-state index in [1.54, 1.807) is 12.3 Å². The molecule has 0 aliphatic carbocycles. The Kier molecular flexibility index (Phi) is 5.62. The number of aryl methyl sites for hydroxylation is 1. The first-order valence-corrected chi connectivity index (χ1v) is 10.6. The Morgan fingerprint density at radius 3 is 3.10 bits per heavy atom. The van der Waals surface area contributed by atoms with Gasteiger partial charge in [-0.25, -0.2) is 14.4 Å². The maximum absolute atomic E-state index is 13.4. The number of nitrogens with one attached hydrogen (secondary N) is 1. The minimum atomic E-state index is -0.272. The van der Waals surface area contributed by atoms with Gasteiger partial charge in [0.25, 0.3) is 5.91 Å². The van der Waals surface area contributed by atoms with Gasteiger partial charge >= 0.3 is 0 Å². The molecule has 1 atom stereocenters. The lowest BCUT2D eigenvalue weighted by molar-refractivity contribution is 0.0718. The highest BCUT2D eigenvalue weighted by molar-refractivity contribution is 7.17. The summed E-state index contributed by atoms with van der Waals surface area (Å²) in [4.78, 5) is 24.5. The third-order valence-electron chi connectivity index (χ3n) is 4.96. The topological polar surface area (TPSA) is 71.3 Å². The van der Waals surface area contributed by atoms with Crippen LogP contribution in [0.3, 0.4) is 0 Å². The number of oxazole rings is 1. The van der Waals surface area contributed by atoms with Crippen molar-refractivity contribution in [2.75, 3.05) is 18.4 Å². The van der Waals surface area contributed by atoms with Gasteiger partial charge in [-0.1, -0.05) is 23.5 Å². The van der Waals surface area contributed by atoms with Crippen LogP contribution in [0.4, 0.5) is 9.52 Å². The third-order valence-corrected chi connectivity index (χ3v) is 6.06. The second-order valence-corrected chi connectivity index (χ2v) is 8.09. The summed E-state index contributed by atoms with van der Waals surface area (Å²) in [5, 5.41) is 3.93. The molecule has 4 rings (SSSR count). The smallest absolute Gasteiger partial charge is 0.266 e. The van der Waals surface area contributed by atoms with Gasteiger partial charge in [-0.15, -0.1) is 0 Å². The molecule has 8 heteroatoms. The maximum atomic E-state index is 13.4. The molecule has 152 valence electrons. The molecule has 29 heavy (non-hydrogen) atoms. The molecule has 1 aromatic carbocycles. The van der Waals surface area contributed by atoms with E-state index in [1.807, 2.05) is 24.8 Å². The molecule has 1 saturated heterocycles. The number of amides is 1. The number of thiazole rings is 1. The fourth-order valence-corrected chi connectivity index (χ4v) is 4.62. The van der Waals surface area contributed by atoms with Crippen LogP contribution in [0.15, 0.2) is 34.9 Å². The van der Waals surface area contributed by atoms with Gasteiger partial charge in [0.1, 0.15) is 22.5 Å². The molecule has 1 aliphatic rings. The normalized spacial score (nSPS) is 16.4. The zero-order valence-corrected chi connectivity index (χ0v) is 17.3. The first-order chi connectivity index (χ1) is 14.0. The number of rotatable bonds is 6. The molecule has 0 radical (unpaired) electrons. The average molecular weight is 415 g/mol. The second-order valence-electron chi connectivity index (χ2n) is 7.09. The third kappa shape index (κ3) is 4.17. The van der Waals surface area contributed by atoms with E-state index in [1.165, 1.54) is 23.5 Å². The number of anilines is 1. The Morgan fingerprint density at radius 1 is 1.45 bits per heavy atom. The van der Waals surface area contributed by atoms with Gasteiger partial charge in [0, 0.05) is 19.5 Å². The van der Waals surface area contributed by atoms with Crippen molar-refractivity contribution in [2.24, 2.45) is 0 Å². The molecule has 0 saturated carbocycles. The molecule has 3 aromatic rings. The van der Waals surface area contributed by atoms with Crippen LogP contribution in [0.5, 0.6) is 0 Å². The molecular weight excluding hydrogens is 391 g/mol. The summed E-state index contributed by atoms with van der Waals surface area (Å²) >= 11 is 1.38. The van der Waals surface area contributed by atoms with Crippen LogP contribution < -0.4 is 5.32 Å². The molecule has 2 aromatic heterocycles. The van der Waals surface area contributed by atoms with E-state index in [4.69, 9.17) is 4.42 Å². The van der Waals surface area contributed by atoms with E-state index in [9.17, 15) is 9.18 Å². The highest BCUT2D eigenvalue weighted by Crippen LogP contribution is 2.35. The van der Waals surface area contributed by atoms with Crippen LogP contribution in [0, 0.1) is 12.7 Å². The summed E-state index contributed by atoms with van der Waals surface area (Å²) < 4.78 is 19.4. The second kappa shape index (κ2) is 8.32. The van der Waals surface area contributed by atoms with Crippen molar-refractivity contribution in [3.63, 3.8) is 0 Å². The fraction of sp³-hybridized carbons (Fsp3) is 0.381. The molecule has 1 fully saturated rings. The van der Waals surface area contributed by atoms with E-state index in [0.29, 0.717) is 29.5 Å². The van der Waals surface area contributed by atoms with Gasteiger partial charge in [0.2, 0.25) is 5.89 Å². The fourth-order valence-electron chi connectivity index (χ4n) is 3.63. The molecule has 1 N–H and O–H groups in total. The minimum absolute atomic E-state index is 0.0310. The Hall–Kier alpha value is -2.74. The van der Waals surface area contributed by atoms with E-state index in [0.717, 1.165) is 35.8 Å². The molecular formula is C21H23FN4O2S. The maximum Gasteiger partial charge on any atom is 0.266 e. The molecule has 1 unspecified atom stereocenters. The lowest BCUT2D eigenvalue weighted by Gasteiger charge is -2.21. The van der Waals surface area contributed by atoms with Crippen LogP contribution in [0.1, 0.15) is 58.4 Å². The zero-order valence-electron chi connectivity index (χ0n) is 16.4. The Bertz CT molecular complexity index is 1020. The number of benzene rings is 1. The van der Waals surface area contributed by atoms with Gasteiger partial charge in [-0.2, -0.15) is 0 Å². The van der Waals surface area contributed by atoms with Crippen LogP contribution in [0.25, 0.3) is 0 Å². The first kappa shape index (κ1) is 19.6. The van der Waals surface area contributed by atoms with Crippen LogP contribution in [0.2, 0.25) is 0 Å². The summed E-state index contributed by atoms with van der Waals surface area (Å²) in [6, 6.07) is 6.25. The molecule has 3 heterocycles. The van der Waals surface area contributed by atoms with Crippen molar-refractivity contribution in [3.8, 4) is 0 Å². The Morgan fingerprint density at radius 2 is 2.31 bits per heavy atom. The van der Waals surface area contributed by atoms with Crippen molar-refractivity contribution in [2.45, 2.75) is 39.2 Å². The lowest BCUT2D eigenvalue weighted by Crippen LogP contribution is -2.30. The summed E-state index contributed by atoms with van der Waals surface area (Å²) in [7, 11) is 0. The van der Waals surface area contributed by atoms with Gasteiger partial charge in [-0.3, -0.25) is 4.79 Å². The number of hydrogen-bond acceptors (Lipinski definition) is 6. The average Bonchev–Trinajstić information content (AvgIpc) is 3.41. The zero-order chi connectivity index (χ0) is 20.4. The summed E-state index contributed by atoms with van der Waals surface area (Å²) in [6.07, 6.45) is 3.84. The number of likely N-dealkylation sites (tertiary alicyclic amines) is 1. The predicted molar refractivity (Wildman–Crippen MR) is 110 cm³/mol. The van der Waals surface area contributed by atoms with E-state index in [-0.39, 0.29) is 17.8 Å². The summed E-state index contributed by atoms with van der Waals surface area (Å²) in [5.74, 6) is 0.896. The van der Waals surface area contributed by atoms with Crippen molar-refractivity contribution in [3.05, 3.63) is 64.1 Å². The molecule has 0 bridgehead atoms. The highest BCUT2D eigenvalue weighted by Gasteiger charge is 2.35. The van der Waals surface area contributed by atoms with E-state index >= 15 is 0 Å². The number of aromatic nitrogens is 2. The number of carbonyl (C=O) groups excluding carboxylic acids is 1. The van der Waals surface area contributed by atoms with Gasteiger partial charge < -0.3 is 14.6 Å². The molecule has 6 nitrogen and oxygen atoms in total. The van der Waals surface area contributed by atoms with Gasteiger partial charge in [0.15, 0.2) is 5.13 Å². The van der Waals surface area contributed by atoms with Gasteiger partial charge in [-0.05, 0) is 44.4 Å². The minimum Gasteiger partial charge on any atom is -0.443 e. The summed E-state index contributed by atoms with van der Waals surface area (Å²) in [5.41, 5.74) is 1.56. The van der Waals surface area contributed by atoms with Crippen molar-refractivity contribution < 1.29 is 13.6 Å². The number of halogens is 1. The molecule has 0 spiro atoms. The SMILES string of the molecule is CCNc1nc(C)c(C(=O)N2CCCC2c2ncc(Cc3cccc(F)c3)o2)s1. The number of nitrogens with zero attached hydrogens (tertiary/aromatic N) is 3. The van der Waals surface area contributed by atoms with Crippen molar-refractivity contribution in [1.82, 2.24) is 14.9 Å². The number of carbonyl (C=O) groups is 1. The monoisotopic (exact) mass is 414 g/mol. The van der Waals surface area contributed by atoms with Crippen LogP contribution in [-0.4, -0.2) is 33.9 Å². The molecule has 1 aliphatic heterocycles. The predicted octanol–water partition coefficient (Wildman–Crippen LogP) is 4.58. The Labute approximate surface area is 172 Å². The van der Waals surface area contributed by atoms with Crippen LogP contribution in [-0.2, 0) is 6.42 Å². The molecule has 1 amide bonds. The van der Waals surface area contributed by atoms with Crippen molar-refractivity contribution in [1.29, 1.82) is 0 Å². The van der Waals surface area contributed by atoms with Crippen LogP contribution >= 0.6 is 11.3 Å². The standard InChI is InChI=1S/C21H23FN4O2S/c1-3-23-21-25-13(2)18(29-21)20(27)26-9-5-8-17(26)19-24-12-16(28-19)11-14-6-4-7-15(22)10-14/h4,6-7,10,12,17H,3,5,8-9,11H2,1-2H3,(H,23,25). The van der Waals surface area contributed by atoms with Crippen molar-refractivity contribution >= 4 is 22.4 Å². The summed E-state index contributed by atoms with van der Waals surface area (Å²) in [6.45, 7) is 5.28. The largest absolute Gasteiger partial charge is 0.443 e. The van der Waals surface area contributed by atoms with Gasteiger partial charge in [0.05, 0.1) is 11.9 Å². The van der Waals surface area contributed by atoms with E-state index in [2.05, 4.69) is 15.3 Å².